The molecule has 0 radical (unpaired) electrons. The molecule has 2 rings (SSSR count). The first kappa shape index (κ1) is 12.3. The number of piperidine rings is 1. The van der Waals surface area contributed by atoms with Gasteiger partial charge in [0.05, 0.1) is 6.10 Å². The van der Waals surface area contributed by atoms with Crippen LogP contribution in [0.1, 0.15) is 39.5 Å². The van der Waals surface area contributed by atoms with E-state index in [1.807, 2.05) is 0 Å². The molecular weight excluding hydrogens is 200 g/mol. The van der Waals surface area contributed by atoms with Crippen molar-refractivity contribution in [2.45, 2.75) is 51.2 Å². The number of nitrogens with one attached hydrogen (secondary N) is 1. The Balaban J connectivity index is 1.66. The maximum absolute atomic E-state index is 5.63. The summed E-state index contributed by atoms with van der Waals surface area (Å²) in [5.74, 6) is 0. The molecule has 2 atom stereocenters. The summed E-state index contributed by atoms with van der Waals surface area (Å²) in [5, 5.41) is 3.69. The molecule has 2 aliphatic heterocycles. The van der Waals surface area contributed by atoms with E-state index in [0.29, 0.717) is 6.10 Å². The van der Waals surface area contributed by atoms with Crippen LogP contribution in [0.2, 0.25) is 0 Å². The van der Waals surface area contributed by atoms with Crippen LogP contribution < -0.4 is 5.32 Å². The first-order valence-electron chi connectivity index (χ1n) is 6.80. The van der Waals surface area contributed by atoms with Crippen molar-refractivity contribution < 1.29 is 4.74 Å². The maximum Gasteiger partial charge on any atom is 0.0726 e. The van der Waals surface area contributed by atoms with Crippen molar-refractivity contribution in [3.63, 3.8) is 0 Å². The number of likely N-dealkylation sites (tertiary alicyclic amines) is 1. The van der Waals surface area contributed by atoms with Crippen LogP contribution in [0.5, 0.6) is 0 Å². The molecule has 2 fully saturated rings. The van der Waals surface area contributed by atoms with Crippen molar-refractivity contribution >= 4 is 0 Å². The van der Waals surface area contributed by atoms with E-state index < -0.39 is 0 Å². The minimum Gasteiger partial charge on any atom is -0.377 e. The van der Waals surface area contributed by atoms with Crippen molar-refractivity contribution in [1.29, 1.82) is 0 Å². The molecule has 0 amide bonds. The summed E-state index contributed by atoms with van der Waals surface area (Å²) in [7, 11) is 0. The predicted molar refractivity (Wildman–Crippen MR) is 66.7 cm³/mol. The zero-order chi connectivity index (χ0) is 11.4. The Morgan fingerprint density at radius 2 is 2.06 bits per heavy atom. The largest absolute Gasteiger partial charge is 0.377 e. The highest BCUT2D eigenvalue weighted by molar-refractivity contribution is 4.93. The second-order valence-electron chi connectivity index (χ2n) is 5.51. The van der Waals surface area contributed by atoms with E-state index in [2.05, 4.69) is 24.1 Å². The van der Waals surface area contributed by atoms with E-state index in [9.17, 15) is 0 Å². The highest BCUT2D eigenvalue weighted by Gasteiger charge is 2.36. The van der Waals surface area contributed by atoms with Gasteiger partial charge in [-0.2, -0.15) is 0 Å². The third-order valence-electron chi connectivity index (χ3n) is 4.29. The topological polar surface area (TPSA) is 24.5 Å². The highest BCUT2D eigenvalue weighted by Crippen LogP contribution is 2.24. The smallest absolute Gasteiger partial charge is 0.0726 e. The zero-order valence-electron chi connectivity index (χ0n) is 10.8. The summed E-state index contributed by atoms with van der Waals surface area (Å²) >= 11 is 0. The van der Waals surface area contributed by atoms with E-state index in [4.69, 9.17) is 4.74 Å². The highest BCUT2D eigenvalue weighted by atomic mass is 16.5. The molecule has 0 aliphatic carbocycles. The van der Waals surface area contributed by atoms with Crippen molar-refractivity contribution in [3.8, 4) is 0 Å². The molecule has 2 aliphatic rings. The molecule has 3 nitrogen and oxygen atoms in total. The SMILES string of the molecule is C[C@H]1OCC[C@]1(C)NCCN1CCCCC1. The summed E-state index contributed by atoms with van der Waals surface area (Å²) in [6.45, 7) is 10.3. The molecule has 94 valence electrons. The quantitative estimate of drug-likeness (QED) is 0.788. The summed E-state index contributed by atoms with van der Waals surface area (Å²) < 4.78 is 5.63. The van der Waals surface area contributed by atoms with Gasteiger partial charge in [-0.1, -0.05) is 6.42 Å². The van der Waals surface area contributed by atoms with Gasteiger partial charge in [0, 0.05) is 25.2 Å². The van der Waals surface area contributed by atoms with Crippen LogP contribution in [-0.2, 0) is 4.74 Å². The summed E-state index contributed by atoms with van der Waals surface area (Å²) in [5.41, 5.74) is 0.204. The van der Waals surface area contributed by atoms with Crippen molar-refractivity contribution in [3.05, 3.63) is 0 Å². The fourth-order valence-corrected chi connectivity index (χ4v) is 2.75. The lowest BCUT2D eigenvalue weighted by Crippen LogP contribution is -2.50. The number of ether oxygens (including phenoxy) is 1. The molecule has 1 N–H and O–H groups in total. The minimum atomic E-state index is 0.204. The van der Waals surface area contributed by atoms with E-state index in [1.54, 1.807) is 0 Å². The number of rotatable bonds is 4. The fourth-order valence-electron chi connectivity index (χ4n) is 2.75. The molecule has 0 aromatic carbocycles. The van der Waals surface area contributed by atoms with Crippen LogP contribution in [0.25, 0.3) is 0 Å². The standard InChI is InChI=1S/C13H26N2O/c1-12-13(2,6-11-16-12)14-7-10-15-8-4-3-5-9-15/h12,14H,3-11H2,1-2H3/t12-,13+/m1/s1. The van der Waals surface area contributed by atoms with Crippen LogP contribution in [0.15, 0.2) is 0 Å². The van der Waals surface area contributed by atoms with Crippen LogP contribution in [-0.4, -0.2) is 49.3 Å². The molecule has 0 aromatic heterocycles. The Bertz CT molecular complexity index is 216. The Labute approximate surface area is 99.5 Å². The first-order valence-corrected chi connectivity index (χ1v) is 6.80. The van der Waals surface area contributed by atoms with Gasteiger partial charge in [-0.15, -0.1) is 0 Å². The van der Waals surface area contributed by atoms with Crippen molar-refractivity contribution in [1.82, 2.24) is 10.2 Å². The lowest BCUT2D eigenvalue weighted by molar-refractivity contribution is 0.0870. The summed E-state index contributed by atoms with van der Waals surface area (Å²) in [4.78, 5) is 2.58. The van der Waals surface area contributed by atoms with Crippen LogP contribution in [0.3, 0.4) is 0 Å². The van der Waals surface area contributed by atoms with Crippen molar-refractivity contribution in [2.75, 3.05) is 32.8 Å². The molecule has 0 aromatic rings. The van der Waals surface area contributed by atoms with E-state index in [1.165, 1.54) is 38.9 Å². The zero-order valence-corrected chi connectivity index (χ0v) is 10.8. The van der Waals surface area contributed by atoms with E-state index in [-0.39, 0.29) is 5.54 Å². The fraction of sp³-hybridized carbons (Fsp3) is 1.00. The van der Waals surface area contributed by atoms with Crippen LogP contribution >= 0.6 is 0 Å². The van der Waals surface area contributed by atoms with Gasteiger partial charge in [-0.25, -0.2) is 0 Å². The number of hydrogen-bond acceptors (Lipinski definition) is 3. The molecule has 0 bridgehead atoms. The minimum absolute atomic E-state index is 0.204. The van der Waals surface area contributed by atoms with E-state index in [0.717, 1.165) is 19.6 Å². The molecule has 2 saturated heterocycles. The maximum atomic E-state index is 5.63. The normalized spacial score (nSPS) is 36.8. The van der Waals surface area contributed by atoms with Gasteiger partial charge >= 0.3 is 0 Å². The Kier molecular flexibility index (Phi) is 4.22. The van der Waals surface area contributed by atoms with Gasteiger partial charge in [0.1, 0.15) is 0 Å². The monoisotopic (exact) mass is 226 g/mol. The van der Waals surface area contributed by atoms with Gasteiger partial charge < -0.3 is 15.0 Å². The van der Waals surface area contributed by atoms with E-state index >= 15 is 0 Å². The van der Waals surface area contributed by atoms with Crippen molar-refractivity contribution in [2.24, 2.45) is 0 Å². The van der Waals surface area contributed by atoms with Gasteiger partial charge in [0.25, 0.3) is 0 Å². The third-order valence-corrected chi connectivity index (χ3v) is 4.29. The number of nitrogens with zero attached hydrogens (tertiary/aromatic N) is 1. The average Bonchev–Trinajstić information content (AvgIpc) is 2.61. The Morgan fingerprint density at radius 3 is 2.69 bits per heavy atom. The molecule has 3 heteroatoms. The van der Waals surface area contributed by atoms with Gasteiger partial charge in [0.2, 0.25) is 0 Å². The second kappa shape index (κ2) is 5.48. The van der Waals surface area contributed by atoms with Gasteiger partial charge in [-0.3, -0.25) is 0 Å². The lowest BCUT2D eigenvalue weighted by atomic mass is 9.95. The number of hydrogen-bond donors (Lipinski definition) is 1. The summed E-state index contributed by atoms with van der Waals surface area (Å²) in [6.07, 6.45) is 5.70. The van der Waals surface area contributed by atoms with Crippen LogP contribution in [0.4, 0.5) is 0 Å². The van der Waals surface area contributed by atoms with Crippen LogP contribution in [0, 0.1) is 0 Å². The average molecular weight is 226 g/mol. The molecular formula is C13H26N2O. The summed E-state index contributed by atoms with van der Waals surface area (Å²) in [6, 6.07) is 0. The lowest BCUT2D eigenvalue weighted by Gasteiger charge is -2.32. The molecule has 16 heavy (non-hydrogen) atoms. The Hall–Kier alpha value is -0.120. The predicted octanol–water partition coefficient (Wildman–Crippen LogP) is 1.63. The third kappa shape index (κ3) is 2.96. The van der Waals surface area contributed by atoms with Gasteiger partial charge in [-0.05, 0) is 46.2 Å². The molecule has 0 unspecified atom stereocenters. The van der Waals surface area contributed by atoms with Gasteiger partial charge in [0.15, 0.2) is 0 Å². The molecule has 0 saturated carbocycles. The Morgan fingerprint density at radius 1 is 1.31 bits per heavy atom. The second-order valence-corrected chi connectivity index (χ2v) is 5.51. The molecule has 2 heterocycles. The first-order chi connectivity index (χ1) is 7.71. The molecule has 0 spiro atoms.